The molecule has 0 spiro atoms. The number of non-ortho nitro benzene ring substituents is 1. The second kappa shape index (κ2) is 9.00. The highest BCUT2D eigenvalue weighted by atomic mass is 16.6. The largest absolute Gasteiger partial charge is 0.423 e. The van der Waals surface area contributed by atoms with Crippen molar-refractivity contribution in [1.82, 2.24) is 10.4 Å². The highest BCUT2D eigenvalue weighted by Crippen LogP contribution is 2.14. The number of hydrogen-bond acceptors (Lipinski definition) is 7. The maximum absolute atomic E-state index is 12.0. The number of hydrazone groups is 1. The van der Waals surface area contributed by atoms with Crippen molar-refractivity contribution in [2.24, 2.45) is 5.10 Å². The second-order valence-electron chi connectivity index (χ2n) is 5.71. The lowest BCUT2D eigenvalue weighted by atomic mass is 10.2. The molecule has 0 aliphatic rings. The SMILES string of the molecule is O=C(NN=Cc1ccc(OC(=O)c2cccnc2)cc1)c1cccc([N+](=O)[O-])c1. The van der Waals surface area contributed by atoms with Gasteiger partial charge < -0.3 is 4.74 Å². The van der Waals surface area contributed by atoms with E-state index in [2.05, 4.69) is 15.5 Å². The van der Waals surface area contributed by atoms with E-state index in [0.717, 1.165) is 6.07 Å². The summed E-state index contributed by atoms with van der Waals surface area (Å²) < 4.78 is 5.24. The van der Waals surface area contributed by atoms with Crippen LogP contribution in [0.25, 0.3) is 0 Å². The molecule has 1 N–H and O–H groups in total. The first kappa shape index (κ1) is 19.4. The molecule has 0 aliphatic heterocycles. The summed E-state index contributed by atoms with van der Waals surface area (Å²) in [6.45, 7) is 0. The summed E-state index contributed by atoms with van der Waals surface area (Å²) in [5.41, 5.74) is 3.21. The fourth-order valence-corrected chi connectivity index (χ4v) is 2.26. The molecule has 0 saturated heterocycles. The maximum Gasteiger partial charge on any atom is 0.345 e. The number of hydrogen-bond donors (Lipinski definition) is 1. The molecule has 0 atom stereocenters. The molecule has 144 valence electrons. The van der Waals surface area contributed by atoms with E-state index in [1.165, 1.54) is 30.6 Å². The molecule has 9 nitrogen and oxygen atoms in total. The number of amides is 1. The Bertz CT molecular complexity index is 1070. The quantitative estimate of drug-likeness (QED) is 0.227. The van der Waals surface area contributed by atoms with E-state index < -0.39 is 16.8 Å². The van der Waals surface area contributed by atoms with Crippen molar-refractivity contribution in [3.05, 3.63) is 99.9 Å². The molecule has 9 heteroatoms. The van der Waals surface area contributed by atoms with Gasteiger partial charge in [-0.2, -0.15) is 5.10 Å². The summed E-state index contributed by atoms with van der Waals surface area (Å²) >= 11 is 0. The number of nitro benzene ring substituents is 1. The van der Waals surface area contributed by atoms with E-state index >= 15 is 0 Å². The van der Waals surface area contributed by atoms with Gasteiger partial charge in [0.05, 0.1) is 16.7 Å². The zero-order valence-corrected chi connectivity index (χ0v) is 14.9. The molecular formula is C20H14N4O5. The number of carbonyl (C=O) groups is 2. The predicted molar refractivity (Wildman–Crippen MR) is 104 cm³/mol. The maximum atomic E-state index is 12.0. The van der Waals surface area contributed by atoms with Crippen LogP contribution < -0.4 is 10.2 Å². The van der Waals surface area contributed by atoms with Gasteiger partial charge in [-0.05, 0) is 48.0 Å². The van der Waals surface area contributed by atoms with Gasteiger partial charge in [-0.25, -0.2) is 10.2 Å². The van der Waals surface area contributed by atoms with Gasteiger partial charge in [-0.15, -0.1) is 0 Å². The summed E-state index contributed by atoms with van der Waals surface area (Å²) in [6, 6.07) is 15.0. The summed E-state index contributed by atoms with van der Waals surface area (Å²) in [7, 11) is 0. The molecule has 3 aromatic rings. The van der Waals surface area contributed by atoms with Crippen LogP contribution in [0.2, 0.25) is 0 Å². The molecular weight excluding hydrogens is 376 g/mol. The number of nitrogens with zero attached hydrogens (tertiary/aromatic N) is 3. The van der Waals surface area contributed by atoms with Gasteiger partial charge in [0, 0.05) is 30.1 Å². The highest BCUT2D eigenvalue weighted by molar-refractivity contribution is 5.95. The topological polar surface area (TPSA) is 124 Å². The van der Waals surface area contributed by atoms with Crippen molar-refractivity contribution in [2.45, 2.75) is 0 Å². The van der Waals surface area contributed by atoms with E-state index in [1.807, 2.05) is 0 Å². The lowest BCUT2D eigenvalue weighted by Crippen LogP contribution is -2.17. The number of rotatable bonds is 6. The van der Waals surface area contributed by atoms with Crippen LogP contribution in [0.4, 0.5) is 5.69 Å². The minimum Gasteiger partial charge on any atom is -0.423 e. The van der Waals surface area contributed by atoms with Crippen LogP contribution in [0.1, 0.15) is 26.3 Å². The molecule has 0 saturated carbocycles. The lowest BCUT2D eigenvalue weighted by Gasteiger charge is -2.04. The van der Waals surface area contributed by atoms with Crippen molar-refractivity contribution in [2.75, 3.05) is 0 Å². The summed E-state index contributed by atoms with van der Waals surface area (Å²) in [6.07, 6.45) is 4.36. The van der Waals surface area contributed by atoms with E-state index in [1.54, 1.807) is 42.6 Å². The van der Waals surface area contributed by atoms with Gasteiger partial charge in [0.25, 0.3) is 11.6 Å². The monoisotopic (exact) mass is 390 g/mol. The van der Waals surface area contributed by atoms with Crippen molar-refractivity contribution in [1.29, 1.82) is 0 Å². The molecule has 29 heavy (non-hydrogen) atoms. The van der Waals surface area contributed by atoms with E-state index in [9.17, 15) is 19.7 Å². The summed E-state index contributed by atoms with van der Waals surface area (Å²) in [5.74, 6) is -0.757. The van der Waals surface area contributed by atoms with E-state index in [4.69, 9.17) is 4.74 Å². The zero-order chi connectivity index (χ0) is 20.6. The molecule has 1 amide bonds. The average Bonchev–Trinajstić information content (AvgIpc) is 2.75. The van der Waals surface area contributed by atoms with Gasteiger partial charge in [0.1, 0.15) is 5.75 Å². The van der Waals surface area contributed by atoms with Crippen molar-refractivity contribution >= 4 is 23.8 Å². The first-order valence-electron chi connectivity index (χ1n) is 8.33. The Morgan fingerprint density at radius 1 is 1.07 bits per heavy atom. The number of benzene rings is 2. The number of pyridine rings is 1. The number of nitrogens with one attached hydrogen (secondary N) is 1. The Morgan fingerprint density at radius 3 is 2.52 bits per heavy atom. The fraction of sp³-hybridized carbons (Fsp3) is 0. The van der Waals surface area contributed by atoms with Crippen molar-refractivity contribution in [3.8, 4) is 5.75 Å². The van der Waals surface area contributed by atoms with E-state index in [0.29, 0.717) is 16.9 Å². The normalized spacial score (nSPS) is 10.5. The summed E-state index contributed by atoms with van der Waals surface area (Å²) in [5, 5.41) is 14.6. The standard InChI is InChI=1S/C20H14N4O5/c25-19(15-3-1-5-17(11-15)24(27)28)23-22-12-14-6-8-18(9-7-14)29-20(26)16-4-2-10-21-13-16/h1-13H,(H,23,25). The van der Waals surface area contributed by atoms with Gasteiger partial charge >= 0.3 is 5.97 Å². The van der Waals surface area contributed by atoms with Gasteiger partial charge in [0.2, 0.25) is 0 Å². The van der Waals surface area contributed by atoms with Gasteiger partial charge in [-0.3, -0.25) is 19.9 Å². The van der Waals surface area contributed by atoms with Crippen molar-refractivity contribution in [3.63, 3.8) is 0 Å². The van der Waals surface area contributed by atoms with Crippen molar-refractivity contribution < 1.29 is 19.2 Å². The average molecular weight is 390 g/mol. The number of ether oxygens (including phenoxy) is 1. The van der Waals surface area contributed by atoms with Crippen LogP contribution >= 0.6 is 0 Å². The van der Waals surface area contributed by atoms with Crippen LogP contribution in [-0.4, -0.2) is 28.0 Å². The molecule has 2 aromatic carbocycles. The third-order valence-corrected chi connectivity index (χ3v) is 3.69. The number of nitro groups is 1. The molecule has 1 aromatic heterocycles. The smallest absolute Gasteiger partial charge is 0.345 e. The molecule has 0 radical (unpaired) electrons. The van der Waals surface area contributed by atoms with Crippen LogP contribution in [0.15, 0.2) is 78.2 Å². The van der Waals surface area contributed by atoms with Crippen LogP contribution in [0.3, 0.4) is 0 Å². The molecule has 0 unspecified atom stereocenters. The third-order valence-electron chi connectivity index (χ3n) is 3.69. The lowest BCUT2D eigenvalue weighted by molar-refractivity contribution is -0.384. The van der Waals surface area contributed by atoms with Gasteiger partial charge in [-0.1, -0.05) is 6.07 Å². The van der Waals surface area contributed by atoms with Crippen LogP contribution in [0, 0.1) is 10.1 Å². The Kier molecular flexibility index (Phi) is 6.01. The van der Waals surface area contributed by atoms with Crippen LogP contribution in [-0.2, 0) is 0 Å². The summed E-state index contributed by atoms with van der Waals surface area (Å²) in [4.78, 5) is 38.0. The Morgan fingerprint density at radius 2 is 1.83 bits per heavy atom. The Hall–Kier alpha value is -4.40. The molecule has 0 bridgehead atoms. The molecule has 0 fully saturated rings. The number of carbonyl (C=O) groups excluding carboxylic acids is 2. The fourth-order valence-electron chi connectivity index (χ4n) is 2.26. The zero-order valence-electron chi connectivity index (χ0n) is 14.9. The van der Waals surface area contributed by atoms with Crippen LogP contribution in [0.5, 0.6) is 5.75 Å². The highest BCUT2D eigenvalue weighted by Gasteiger charge is 2.11. The molecule has 3 rings (SSSR count). The van der Waals surface area contributed by atoms with E-state index in [-0.39, 0.29) is 11.3 Å². The Labute approximate surface area is 164 Å². The predicted octanol–water partition coefficient (Wildman–Crippen LogP) is 2.97. The first-order chi connectivity index (χ1) is 14.0. The first-order valence-corrected chi connectivity index (χ1v) is 8.33. The third kappa shape index (κ3) is 5.30. The number of esters is 1. The minimum absolute atomic E-state index is 0.119. The minimum atomic E-state index is -0.581. The number of aromatic nitrogens is 1. The Balaban J connectivity index is 1.57. The second-order valence-corrected chi connectivity index (χ2v) is 5.71. The van der Waals surface area contributed by atoms with Gasteiger partial charge in [0.15, 0.2) is 0 Å². The molecule has 1 heterocycles. The molecule has 0 aliphatic carbocycles.